The molecule has 4 fully saturated rings. The van der Waals surface area contributed by atoms with Crippen LogP contribution in [0.2, 0.25) is 0 Å². The van der Waals surface area contributed by atoms with Crippen LogP contribution in [0.4, 0.5) is 23.7 Å². The summed E-state index contributed by atoms with van der Waals surface area (Å²) in [6.45, 7) is 1.66. The number of aliphatic carboxylic acids is 1. The number of hydrogen-bond acceptors (Lipinski definition) is 10. The third-order valence-corrected chi connectivity index (χ3v) is 9.07. The molecule has 12 nitrogen and oxygen atoms in total. The fourth-order valence-corrected chi connectivity index (χ4v) is 6.25. The molecule has 1 saturated carbocycles. The van der Waals surface area contributed by atoms with E-state index in [1.54, 1.807) is 6.07 Å². The predicted molar refractivity (Wildman–Crippen MR) is 151 cm³/mol. The molecule has 0 aromatic heterocycles. The lowest BCUT2D eigenvalue weighted by Crippen LogP contribution is -2.60. The van der Waals surface area contributed by atoms with E-state index in [2.05, 4.69) is 4.90 Å². The normalized spacial score (nSPS) is 28.3. The van der Waals surface area contributed by atoms with Crippen molar-refractivity contribution >= 4 is 23.7 Å². The summed E-state index contributed by atoms with van der Waals surface area (Å²) in [4.78, 5) is 40.4. The number of hydrogen-bond donors (Lipinski definition) is 4. The molecule has 46 heavy (non-hydrogen) atoms. The molecule has 2 aromatic rings. The van der Waals surface area contributed by atoms with Crippen LogP contribution >= 0.6 is 0 Å². The van der Waals surface area contributed by atoms with Gasteiger partial charge in [-0.25, -0.2) is 14.4 Å². The molecular weight excluding hydrogens is 617 g/mol. The Balaban J connectivity index is 1.06. The average molecular weight is 651 g/mol. The maximum absolute atomic E-state index is 13.4. The zero-order valence-corrected chi connectivity index (χ0v) is 24.4. The average Bonchev–Trinajstić information content (AvgIpc) is 3.81. The molecule has 1 amide bonds. The number of rotatable bonds is 7. The van der Waals surface area contributed by atoms with Gasteiger partial charge in [-0.3, -0.25) is 9.80 Å². The zero-order chi connectivity index (χ0) is 33.0. The van der Waals surface area contributed by atoms with Gasteiger partial charge in [-0.2, -0.15) is 13.2 Å². The maximum atomic E-state index is 13.4. The number of benzene rings is 2. The Bertz CT molecular complexity index is 1490. The van der Waals surface area contributed by atoms with Crippen molar-refractivity contribution in [3.63, 3.8) is 0 Å². The second kappa shape index (κ2) is 12.1. The number of aliphatic hydroxyl groups is 3. The van der Waals surface area contributed by atoms with Crippen molar-refractivity contribution < 1.29 is 62.2 Å². The predicted octanol–water partition coefficient (Wildman–Crippen LogP) is 2.62. The molecule has 0 bridgehead atoms. The Morgan fingerprint density at radius 2 is 1.65 bits per heavy atom. The molecule has 3 heterocycles. The number of aliphatic hydroxyl groups excluding tert-OH is 3. The van der Waals surface area contributed by atoms with E-state index in [1.165, 1.54) is 35.2 Å². The zero-order valence-electron chi connectivity index (χ0n) is 24.4. The lowest BCUT2D eigenvalue weighted by molar-refractivity contribution is -0.278. The summed E-state index contributed by atoms with van der Waals surface area (Å²) >= 11 is 0. The van der Waals surface area contributed by atoms with Crippen LogP contribution in [0.1, 0.15) is 58.6 Å². The number of likely N-dealkylation sites (tertiary alicyclic amines) is 1. The van der Waals surface area contributed by atoms with Crippen molar-refractivity contribution in [2.75, 3.05) is 24.5 Å². The fraction of sp³-hybridized carbons (Fsp3) is 0.516. The molecule has 15 heteroatoms. The quantitative estimate of drug-likeness (QED) is 0.326. The molecule has 3 aliphatic heterocycles. The van der Waals surface area contributed by atoms with Gasteiger partial charge in [-0.1, -0.05) is 6.07 Å². The largest absolute Gasteiger partial charge is 0.479 e. The third-order valence-electron chi connectivity index (χ3n) is 9.07. The topological polar surface area (TPSA) is 166 Å². The monoisotopic (exact) mass is 650 g/mol. The number of halogens is 3. The molecule has 2 aromatic carbocycles. The minimum Gasteiger partial charge on any atom is -0.479 e. The summed E-state index contributed by atoms with van der Waals surface area (Å²) in [5.41, 5.74) is 0.601. The molecule has 4 aliphatic rings. The Morgan fingerprint density at radius 1 is 0.978 bits per heavy atom. The minimum atomic E-state index is -4.42. The van der Waals surface area contributed by atoms with Crippen LogP contribution in [-0.4, -0.2) is 99.3 Å². The van der Waals surface area contributed by atoms with E-state index in [0.29, 0.717) is 49.6 Å². The van der Waals surface area contributed by atoms with Crippen LogP contribution in [0.15, 0.2) is 42.5 Å². The molecule has 3 saturated heterocycles. The van der Waals surface area contributed by atoms with Crippen LogP contribution in [0.5, 0.6) is 0 Å². The highest BCUT2D eigenvalue weighted by Crippen LogP contribution is 2.44. The van der Waals surface area contributed by atoms with Crippen LogP contribution < -0.4 is 4.90 Å². The number of carbonyl (C=O) groups excluding carboxylic acids is 2. The number of carboxylic acid groups (broad SMARTS) is 1. The van der Waals surface area contributed by atoms with Gasteiger partial charge in [0.25, 0.3) is 0 Å². The molecule has 248 valence electrons. The first-order chi connectivity index (χ1) is 21.7. The Hall–Kier alpha value is -3.76. The van der Waals surface area contributed by atoms with Gasteiger partial charge >= 0.3 is 24.2 Å². The number of ether oxygens (including phenoxy) is 3. The van der Waals surface area contributed by atoms with Gasteiger partial charge < -0.3 is 34.6 Å². The number of carbonyl (C=O) groups is 3. The fourth-order valence-electron chi connectivity index (χ4n) is 6.25. The van der Waals surface area contributed by atoms with Crippen LogP contribution in [-0.2, 0) is 31.7 Å². The number of anilines is 1. The number of amides is 1. The van der Waals surface area contributed by atoms with E-state index in [-0.39, 0.29) is 12.1 Å². The van der Waals surface area contributed by atoms with Crippen molar-refractivity contribution in [1.29, 1.82) is 0 Å². The summed E-state index contributed by atoms with van der Waals surface area (Å²) in [5, 5.41) is 39.0. The first kappa shape index (κ1) is 32.2. The molecule has 4 N–H and O–H groups in total. The highest BCUT2D eigenvalue weighted by Gasteiger charge is 2.49. The van der Waals surface area contributed by atoms with Gasteiger partial charge in [0, 0.05) is 38.2 Å². The lowest BCUT2D eigenvalue weighted by atomic mass is 9.90. The standard InChI is InChI=1S/C31H33F3N2O10/c32-31(33,34)19-5-8-21(16-1-2-16)18(13-19)14-35-11-9-30(10-12-35)15-36(29(43)46-30)20-6-3-17(4-7-20)27(42)45-28-24(39)22(37)23(38)25(44-28)26(40)41/h3-8,13,16,22-25,28,37-39H,1-2,9-12,14-15H2,(H,40,41)/t22-,23-,24+,25-,28-/m0/s1. The van der Waals surface area contributed by atoms with Gasteiger partial charge in [0.15, 0.2) is 6.10 Å². The summed E-state index contributed by atoms with van der Waals surface area (Å²) < 4.78 is 56.1. The summed E-state index contributed by atoms with van der Waals surface area (Å²) in [6, 6.07) is 9.65. The Labute approximate surface area is 260 Å². The maximum Gasteiger partial charge on any atom is 0.416 e. The van der Waals surface area contributed by atoms with Crippen molar-refractivity contribution in [2.24, 2.45) is 0 Å². The molecule has 1 spiro atoms. The number of esters is 1. The van der Waals surface area contributed by atoms with Gasteiger partial charge in [0.05, 0.1) is 17.7 Å². The molecule has 5 atom stereocenters. The van der Waals surface area contributed by atoms with E-state index >= 15 is 0 Å². The number of carboxylic acids is 1. The summed E-state index contributed by atoms with van der Waals surface area (Å²) in [5.74, 6) is -2.34. The van der Waals surface area contributed by atoms with Crippen LogP contribution in [0.3, 0.4) is 0 Å². The van der Waals surface area contributed by atoms with Crippen molar-refractivity contribution in [1.82, 2.24) is 4.90 Å². The Morgan fingerprint density at radius 3 is 2.26 bits per heavy atom. The van der Waals surface area contributed by atoms with E-state index in [9.17, 15) is 42.9 Å². The lowest BCUT2D eigenvalue weighted by Gasteiger charge is -2.38. The molecular formula is C31H33F3N2O10. The van der Waals surface area contributed by atoms with Gasteiger partial charge in [-0.05, 0) is 66.3 Å². The van der Waals surface area contributed by atoms with Crippen LogP contribution in [0, 0.1) is 0 Å². The Kier molecular flexibility index (Phi) is 8.48. The van der Waals surface area contributed by atoms with Gasteiger partial charge in [0.1, 0.15) is 23.9 Å². The molecule has 6 rings (SSSR count). The van der Waals surface area contributed by atoms with Crippen molar-refractivity contribution in [3.05, 3.63) is 64.7 Å². The van der Waals surface area contributed by atoms with E-state index in [4.69, 9.17) is 19.3 Å². The van der Waals surface area contributed by atoms with Crippen LogP contribution in [0.25, 0.3) is 0 Å². The smallest absolute Gasteiger partial charge is 0.416 e. The summed E-state index contributed by atoms with van der Waals surface area (Å²) in [7, 11) is 0. The third kappa shape index (κ3) is 6.42. The van der Waals surface area contributed by atoms with E-state index < -0.39 is 66.1 Å². The molecule has 1 aliphatic carbocycles. The van der Waals surface area contributed by atoms with E-state index in [1.807, 2.05) is 0 Å². The van der Waals surface area contributed by atoms with E-state index in [0.717, 1.165) is 24.5 Å². The molecule has 0 unspecified atom stereocenters. The van der Waals surface area contributed by atoms with Gasteiger partial charge in [-0.15, -0.1) is 0 Å². The number of nitrogens with zero attached hydrogens (tertiary/aromatic N) is 2. The van der Waals surface area contributed by atoms with Crippen molar-refractivity contribution in [3.8, 4) is 0 Å². The first-order valence-corrected chi connectivity index (χ1v) is 14.9. The number of alkyl halides is 3. The summed E-state index contributed by atoms with van der Waals surface area (Å²) in [6.07, 6.45) is -11.7. The minimum absolute atomic E-state index is 0.0252. The number of piperidine rings is 1. The second-order valence-corrected chi connectivity index (χ2v) is 12.3. The highest BCUT2D eigenvalue weighted by molar-refractivity contribution is 5.93. The highest BCUT2D eigenvalue weighted by atomic mass is 19.4. The van der Waals surface area contributed by atoms with Crippen molar-refractivity contribution in [2.45, 2.75) is 80.6 Å². The SMILES string of the molecule is O=C(O[C@@H]1O[C@H](C(=O)O)[C@@H](O)[C@H](O)[C@H]1O)c1ccc(N2CC3(CCN(Cc4cc(C(F)(F)F)ccc4C4CC4)CC3)OC2=O)cc1. The second-order valence-electron chi connectivity index (χ2n) is 12.3. The molecule has 0 radical (unpaired) electrons. The first-order valence-electron chi connectivity index (χ1n) is 14.9. The van der Waals surface area contributed by atoms with Gasteiger partial charge in [0.2, 0.25) is 6.29 Å².